The van der Waals surface area contributed by atoms with Gasteiger partial charge in [-0.3, -0.25) is 9.59 Å². The molecule has 0 fully saturated rings. The number of rotatable bonds is 3. The average Bonchev–Trinajstić information content (AvgIpc) is 2.75. The maximum Gasteiger partial charge on any atom is 0.231 e. The second-order valence-electron chi connectivity index (χ2n) is 4.98. The molecule has 1 atom stereocenters. The second kappa shape index (κ2) is 4.89. The first-order valence-corrected chi connectivity index (χ1v) is 6.57. The van der Waals surface area contributed by atoms with Crippen LogP contribution in [0.5, 0.6) is 0 Å². The Bertz CT molecular complexity index is 680. The summed E-state index contributed by atoms with van der Waals surface area (Å²) in [5.41, 5.74) is 2.36. The number of anilines is 1. The Kier molecular flexibility index (Phi) is 3.06. The zero-order valence-electron chi connectivity index (χ0n) is 11.2. The predicted molar refractivity (Wildman–Crippen MR) is 74.5 cm³/mol. The van der Waals surface area contributed by atoms with E-state index in [1.807, 2.05) is 48.1 Å². The van der Waals surface area contributed by atoms with Crippen LogP contribution in [0.15, 0.2) is 48.8 Å². The molecule has 0 bridgehead atoms. The molecule has 2 aromatic rings. The van der Waals surface area contributed by atoms with E-state index < -0.39 is 0 Å². The fourth-order valence-electron chi connectivity index (χ4n) is 2.39. The third kappa shape index (κ3) is 2.20. The van der Waals surface area contributed by atoms with Crippen LogP contribution in [0.3, 0.4) is 0 Å². The molecule has 100 valence electrons. The second-order valence-corrected chi connectivity index (χ2v) is 4.98. The Balaban J connectivity index is 1.85. The number of carbonyl (C=O) groups excluding carboxylic acids is 2. The fraction of sp³-hybridized carbons (Fsp3) is 0.188. The molecule has 4 heteroatoms. The number of benzene rings is 1. The van der Waals surface area contributed by atoms with Crippen LogP contribution >= 0.6 is 0 Å². The highest BCUT2D eigenvalue weighted by molar-refractivity contribution is 6.04. The van der Waals surface area contributed by atoms with Crippen LogP contribution in [0.4, 0.5) is 5.69 Å². The minimum atomic E-state index is -0.192. The highest BCUT2D eigenvalue weighted by atomic mass is 16.2. The molecule has 1 N–H and O–H groups in total. The zero-order valence-corrected chi connectivity index (χ0v) is 11.2. The summed E-state index contributed by atoms with van der Waals surface area (Å²) in [4.78, 5) is 23.9. The standard InChI is InChI=1S/C16H14N2O2/c1-11-13-9-12(5-6-14(13)17-16(11)20)15(19)10-18-7-3-2-4-8-18/h2-9,11H,10H2,1H3/p+1/t11-/m0/s1. The van der Waals surface area contributed by atoms with E-state index in [2.05, 4.69) is 5.32 Å². The highest BCUT2D eigenvalue weighted by Gasteiger charge is 2.27. The first-order chi connectivity index (χ1) is 9.65. The molecule has 3 rings (SSSR count). The summed E-state index contributed by atoms with van der Waals surface area (Å²) < 4.78 is 1.84. The number of fused-ring (bicyclic) bond motifs is 1. The Morgan fingerprint density at radius 2 is 2.00 bits per heavy atom. The van der Waals surface area contributed by atoms with Gasteiger partial charge in [0.2, 0.25) is 18.2 Å². The molecule has 1 aromatic carbocycles. The summed E-state index contributed by atoms with van der Waals surface area (Å²) in [5, 5.41) is 2.81. The number of Topliss-reactive ketones (excluding diaryl/α,β-unsaturated/α-hetero) is 1. The summed E-state index contributed by atoms with van der Waals surface area (Å²) >= 11 is 0. The van der Waals surface area contributed by atoms with Crippen molar-refractivity contribution >= 4 is 17.4 Å². The van der Waals surface area contributed by atoms with Gasteiger partial charge in [0.1, 0.15) is 0 Å². The molecular weight excluding hydrogens is 252 g/mol. The number of ketones is 1. The van der Waals surface area contributed by atoms with Crippen LogP contribution in [0.25, 0.3) is 0 Å². The fourth-order valence-corrected chi connectivity index (χ4v) is 2.39. The first-order valence-electron chi connectivity index (χ1n) is 6.57. The number of aromatic nitrogens is 1. The molecule has 1 aromatic heterocycles. The quantitative estimate of drug-likeness (QED) is 0.682. The van der Waals surface area contributed by atoms with Gasteiger partial charge in [-0.05, 0) is 30.7 Å². The Morgan fingerprint density at radius 1 is 1.25 bits per heavy atom. The van der Waals surface area contributed by atoms with Crippen molar-refractivity contribution in [2.75, 3.05) is 5.32 Å². The number of hydrogen-bond donors (Lipinski definition) is 1. The minimum Gasteiger partial charge on any atom is -0.325 e. The summed E-state index contributed by atoms with van der Waals surface area (Å²) in [6.07, 6.45) is 3.72. The molecule has 4 nitrogen and oxygen atoms in total. The van der Waals surface area contributed by atoms with E-state index in [9.17, 15) is 9.59 Å². The topological polar surface area (TPSA) is 50.1 Å². The molecular formula is C16H15N2O2+. The van der Waals surface area contributed by atoms with Gasteiger partial charge in [-0.2, -0.15) is 4.57 Å². The number of nitrogens with zero attached hydrogens (tertiary/aromatic N) is 1. The number of carbonyl (C=O) groups is 2. The molecule has 0 unspecified atom stereocenters. The molecule has 0 spiro atoms. The Labute approximate surface area is 117 Å². The van der Waals surface area contributed by atoms with E-state index in [4.69, 9.17) is 0 Å². The molecule has 1 aliphatic rings. The lowest BCUT2D eigenvalue weighted by molar-refractivity contribution is -0.683. The molecule has 0 radical (unpaired) electrons. The summed E-state index contributed by atoms with van der Waals surface area (Å²) in [6.45, 7) is 2.15. The van der Waals surface area contributed by atoms with Crippen molar-refractivity contribution < 1.29 is 14.2 Å². The van der Waals surface area contributed by atoms with Gasteiger partial charge in [0.15, 0.2) is 12.4 Å². The molecule has 0 saturated carbocycles. The van der Waals surface area contributed by atoms with Gasteiger partial charge in [-0.25, -0.2) is 0 Å². The van der Waals surface area contributed by atoms with Gasteiger partial charge in [0.25, 0.3) is 0 Å². The summed E-state index contributed by atoms with van der Waals surface area (Å²) in [5.74, 6) is -0.167. The summed E-state index contributed by atoms with van der Waals surface area (Å²) in [6, 6.07) is 11.1. The van der Waals surface area contributed by atoms with Crippen molar-refractivity contribution in [3.05, 3.63) is 59.9 Å². The van der Waals surface area contributed by atoms with E-state index in [-0.39, 0.29) is 17.6 Å². The van der Waals surface area contributed by atoms with Crippen molar-refractivity contribution in [3.63, 3.8) is 0 Å². The SMILES string of the molecule is C[C@@H]1C(=O)Nc2ccc(C(=O)C[n+]3ccccc3)cc21. The molecule has 1 aliphatic heterocycles. The van der Waals surface area contributed by atoms with Crippen molar-refractivity contribution in [2.24, 2.45) is 0 Å². The number of pyridine rings is 1. The third-order valence-corrected chi connectivity index (χ3v) is 3.59. The van der Waals surface area contributed by atoms with Crippen LogP contribution in [0.1, 0.15) is 28.8 Å². The van der Waals surface area contributed by atoms with Crippen LogP contribution < -0.4 is 9.88 Å². The smallest absolute Gasteiger partial charge is 0.231 e. The molecule has 0 saturated heterocycles. The Hall–Kier alpha value is -2.49. The monoisotopic (exact) mass is 267 g/mol. The van der Waals surface area contributed by atoms with E-state index in [0.717, 1.165) is 11.3 Å². The van der Waals surface area contributed by atoms with Gasteiger partial charge in [-0.15, -0.1) is 0 Å². The molecule has 1 amide bonds. The van der Waals surface area contributed by atoms with Gasteiger partial charge >= 0.3 is 0 Å². The minimum absolute atomic E-state index is 0.0120. The maximum absolute atomic E-state index is 12.3. The molecule has 2 heterocycles. The van der Waals surface area contributed by atoms with E-state index in [1.165, 1.54) is 0 Å². The van der Waals surface area contributed by atoms with Crippen LogP contribution in [-0.2, 0) is 11.3 Å². The lowest BCUT2D eigenvalue weighted by Gasteiger charge is -2.04. The van der Waals surface area contributed by atoms with E-state index in [1.54, 1.807) is 12.1 Å². The summed E-state index contributed by atoms with van der Waals surface area (Å²) in [7, 11) is 0. The van der Waals surface area contributed by atoms with E-state index in [0.29, 0.717) is 12.1 Å². The maximum atomic E-state index is 12.3. The van der Waals surface area contributed by atoms with Crippen molar-refractivity contribution in [2.45, 2.75) is 19.4 Å². The lowest BCUT2D eigenvalue weighted by Crippen LogP contribution is -2.36. The van der Waals surface area contributed by atoms with Crippen molar-refractivity contribution in [1.29, 1.82) is 0 Å². The first kappa shape index (κ1) is 12.5. The van der Waals surface area contributed by atoms with Gasteiger partial charge in [0.05, 0.1) is 5.92 Å². The normalized spacial score (nSPS) is 16.6. The van der Waals surface area contributed by atoms with Gasteiger partial charge in [-0.1, -0.05) is 6.07 Å². The Morgan fingerprint density at radius 3 is 2.75 bits per heavy atom. The van der Waals surface area contributed by atoms with Crippen LogP contribution in [-0.4, -0.2) is 11.7 Å². The largest absolute Gasteiger partial charge is 0.325 e. The van der Waals surface area contributed by atoms with Crippen molar-refractivity contribution in [1.82, 2.24) is 0 Å². The van der Waals surface area contributed by atoms with Gasteiger partial charge < -0.3 is 5.32 Å². The van der Waals surface area contributed by atoms with Gasteiger partial charge in [0, 0.05) is 23.4 Å². The zero-order chi connectivity index (χ0) is 14.1. The number of hydrogen-bond acceptors (Lipinski definition) is 2. The predicted octanol–water partition coefficient (Wildman–Crippen LogP) is 1.91. The van der Waals surface area contributed by atoms with Crippen LogP contribution in [0, 0.1) is 0 Å². The lowest BCUT2D eigenvalue weighted by atomic mass is 9.99. The average molecular weight is 267 g/mol. The van der Waals surface area contributed by atoms with Crippen molar-refractivity contribution in [3.8, 4) is 0 Å². The third-order valence-electron chi connectivity index (χ3n) is 3.59. The number of nitrogens with one attached hydrogen (secondary N) is 1. The van der Waals surface area contributed by atoms with E-state index >= 15 is 0 Å². The number of amides is 1. The van der Waals surface area contributed by atoms with Crippen LogP contribution in [0.2, 0.25) is 0 Å². The highest BCUT2D eigenvalue weighted by Crippen LogP contribution is 2.32. The molecule has 0 aliphatic carbocycles. The molecule has 20 heavy (non-hydrogen) atoms.